The van der Waals surface area contributed by atoms with Gasteiger partial charge >= 0.3 is 0 Å². The number of benzene rings is 1. The van der Waals surface area contributed by atoms with Crippen LogP contribution >= 0.6 is 23.4 Å². The topological polar surface area (TPSA) is 39.2 Å². The average Bonchev–Trinajstić information content (AvgIpc) is 2.70. The van der Waals surface area contributed by atoms with Gasteiger partial charge < -0.3 is 10.2 Å². The Balaban J connectivity index is 2.11. The van der Waals surface area contributed by atoms with Crippen LogP contribution in [0.5, 0.6) is 0 Å². The van der Waals surface area contributed by atoms with E-state index in [0.29, 0.717) is 5.02 Å². The molecule has 2 aromatic rings. The predicted molar refractivity (Wildman–Crippen MR) is 64.1 cm³/mol. The Bertz CT molecular complexity index is 422. The highest BCUT2D eigenvalue weighted by molar-refractivity contribution is 7.98. The molecule has 0 bridgehead atoms. The molecule has 78 valence electrons. The van der Waals surface area contributed by atoms with Gasteiger partial charge in [-0.25, -0.2) is 0 Å². The first-order valence-corrected chi connectivity index (χ1v) is 5.81. The SMILES string of the molecule is Nc1cccc(Cl)c1SCc1ccoc1. The van der Waals surface area contributed by atoms with Gasteiger partial charge in [0.25, 0.3) is 0 Å². The van der Waals surface area contributed by atoms with Crippen molar-refractivity contribution in [2.24, 2.45) is 0 Å². The highest BCUT2D eigenvalue weighted by Crippen LogP contribution is 2.34. The monoisotopic (exact) mass is 239 g/mol. The van der Waals surface area contributed by atoms with Crippen LogP contribution in [-0.4, -0.2) is 0 Å². The Morgan fingerprint density at radius 1 is 1.33 bits per heavy atom. The standard InChI is InChI=1S/C11H10ClNOS/c12-9-2-1-3-10(13)11(9)15-7-8-4-5-14-6-8/h1-6H,7,13H2. The van der Waals surface area contributed by atoms with Crippen LogP contribution in [0, 0.1) is 0 Å². The van der Waals surface area contributed by atoms with Gasteiger partial charge in [0.2, 0.25) is 0 Å². The van der Waals surface area contributed by atoms with Crippen molar-refractivity contribution >= 4 is 29.1 Å². The van der Waals surface area contributed by atoms with Crippen molar-refractivity contribution in [3.05, 3.63) is 47.4 Å². The predicted octanol–water partition coefficient (Wildman–Crippen LogP) is 3.81. The van der Waals surface area contributed by atoms with Crippen molar-refractivity contribution < 1.29 is 4.42 Å². The second kappa shape index (κ2) is 4.64. The molecule has 0 aliphatic rings. The largest absolute Gasteiger partial charge is 0.472 e. The number of rotatable bonds is 3. The lowest BCUT2D eigenvalue weighted by atomic mass is 10.3. The molecule has 0 aliphatic carbocycles. The maximum atomic E-state index is 6.05. The van der Waals surface area contributed by atoms with E-state index in [9.17, 15) is 0 Å². The molecule has 1 heterocycles. The molecule has 2 nitrogen and oxygen atoms in total. The molecule has 0 spiro atoms. The van der Waals surface area contributed by atoms with Crippen LogP contribution in [0.15, 0.2) is 46.1 Å². The summed E-state index contributed by atoms with van der Waals surface area (Å²) in [7, 11) is 0. The van der Waals surface area contributed by atoms with Crippen LogP contribution < -0.4 is 5.73 Å². The minimum atomic E-state index is 0.698. The molecule has 0 unspecified atom stereocenters. The summed E-state index contributed by atoms with van der Waals surface area (Å²) in [6.07, 6.45) is 3.38. The number of thioether (sulfide) groups is 1. The first kappa shape index (κ1) is 10.5. The Morgan fingerprint density at radius 2 is 2.20 bits per heavy atom. The number of hydrogen-bond acceptors (Lipinski definition) is 3. The summed E-state index contributed by atoms with van der Waals surface area (Å²) in [5.74, 6) is 0.810. The van der Waals surface area contributed by atoms with E-state index in [-0.39, 0.29) is 0 Å². The molecule has 0 amide bonds. The number of nitrogens with two attached hydrogens (primary N) is 1. The van der Waals surface area contributed by atoms with Gasteiger partial charge in [0.05, 0.1) is 17.5 Å². The van der Waals surface area contributed by atoms with Gasteiger partial charge in [-0.05, 0) is 18.2 Å². The van der Waals surface area contributed by atoms with Crippen LogP contribution in [0.25, 0.3) is 0 Å². The van der Waals surface area contributed by atoms with Gasteiger partial charge in [-0.3, -0.25) is 0 Å². The van der Waals surface area contributed by atoms with E-state index in [1.807, 2.05) is 24.3 Å². The van der Waals surface area contributed by atoms with Gasteiger partial charge in [-0.15, -0.1) is 11.8 Å². The van der Waals surface area contributed by atoms with Crippen molar-refractivity contribution in [2.75, 3.05) is 5.73 Å². The van der Waals surface area contributed by atoms with Gasteiger partial charge in [0, 0.05) is 21.9 Å². The van der Waals surface area contributed by atoms with Gasteiger partial charge in [0.1, 0.15) is 0 Å². The molecule has 15 heavy (non-hydrogen) atoms. The Morgan fingerprint density at radius 3 is 2.87 bits per heavy atom. The molecule has 0 saturated carbocycles. The lowest BCUT2D eigenvalue weighted by molar-refractivity contribution is 0.565. The lowest BCUT2D eigenvalue weighted by Crippen LogP contribution is -1.89. The fourth-order valence-corrected chi connectivity index (χ4v) is 2.47. The minimum Gasteiger partial charge on any atom is -0.472 e. The molecule has 4 heteroatoms. The molecule has 0 aliphatic heterocycles. The molecular formula is C11H10ClNOS. The van der Waals surface area contributed by atoms with E-state index >= 15 is 0 Å². The van der Waals surface area contributed by atoms with E-state index in [1.165, 1.54) is 0 Å². The smallest absolute Gasteiger partial charge is 0.0943 e. The summed E-state index contributed by atoms with van der Waals surface area (Å²) < 4.78 is 4.99. The highest BCUT2D eigenvalue weighted by atomic mass is 35.5. The fourth-order valence-electron chi connectivity index (χ4n) is 1.21. The summed E-state index contributed by atoms with van der Waals surface area (Å²) >= 11 is 7.66. The van der Waals surface area contributed by atoms with Crippen LogP contribution in [0.4, 0.5) is 5.69 Å². The lowest BCUT2D eigenvalue weighted by Gasteiger charge is -2.05. The molecule has 2 rings (SSSR count). The molecule has 0 saturated heterocycles. The second-order valence-corrected chi connectivity index (χ2v) is 4.47. The van der Waals surface area contributed by atoms with Crippen LogP contribution in [0.1, 0.15) is 5.56 Å². The highest BCUT2D eigenvalue weighted by Gasteiger charge is 2.05. The van der Waals surface area contributed by atoms with Crippen molar-refractivity contribution in [3.63, 3.8) is 0 Å². The van der Waals surface area contributed by atoms with E-state index < -0.39 is 0 Å². The summed E-state index contributed by atoms with van der Waals surface area (Å²) in [5, 5.41) is 0.698. The normalized spacial score (nSPS) is 10.5. The van der Waals surface area contributed by atoms with Crippen LogP contribution in [0.2, 0.25) is 5.02 Å². The van der Waals surface area contributed by atoms with Crippen molar-refractivity contribution in [3.8, 4) is 0 Å². The Kier molecular flexibility index (Phi) is 3.23. The molecule has 0 atom stereocenters. The summed E-state index contributed by atoms with van der Waals surface area (Å²) in [6, 6.07) is 7.47. The average molecular weight is 240 g/mol. The zero-order valence-corrected chi connectivity index (χ0v) is 9.52. The molecule has 2 N–H and O–H groups in total. The third-order valence-corrected chi connectivity index (χ3v) is 3.61. The number of anilines is 1. The van der Waals surface area contributed by atoms with E-state index in [0.717, 1.165) is 21.9 Å². The van der Waals surface area contributed by atoms with Crippen molar-refractivity contribution in [1.29, 1.82) is 0 Å². The number of nitrogen functional groups attached to an aromatic ring is 1. The number of furan rings is 1. The maximum Gasteiger partial charge on any atom is 0.0943 e. The van der Waals surface area contributed by atoms with Gasteiger partial charge in [0.15, 0.2) is 0 Å². The van der Waals surface area contributed by atoms with E-state index in [2.05, 4.69) is 0 Å². The van der Waals surface area contributed by atoms with E-state index in [4.69, 9.17) is 21.8 Å². The zero-order chi connectivity index (χ0) is 10.7. The number of hydrogen-bond donors (Lipinski definition) is 1. The van der Waals surface area contributed by atoms with Gasteiger partial charge in [-0.2, -0.15) is 0 Å². The quantitative estimate of drug-likeness (QED) is 0.654. The molecule has 1 aromatic carbocycles. The minimum absolute atomic E-state index is 0.698. The van der Waals surface area contributed by atoms with Crippen LogP contribution in [-0.2, 0) is 5.75 Å². The second-order valence-electron chi connectivity index (χ2n) is 3.08. The van der Waals surface area contributed by atoms with Crippen molar-refractivity contribution in [1.82, 2.24) is 0 Å². The molecule has 0 radical (unpaired) electrons. The number of halogens is 1. The summed E-state index contributed by atoms with van der Waals surface area (Å²) in [4.78, 5) is 0.931. The van der Waals surface area contributed by atoms with Gasteiger partial charge in [-0.1, -0.05) is 17.7 Å². The van der Waals surface area contributed by atoms with Crippen LogP contribution in [0.3, 0.4) is 0 Å². The molecule has 0 fully saturated rings. The summed E-state index contributed by atoms with van der Waals surface area (Å²) in [6.45, 7) is 0. The van der Waals surface area contributed by atoms with E-state index in [1.54, 1.807) is 24.3 Å². The zero-order valence-electron chi connectivity index (χ0n) is 7.94. The molecule has 1 aromatic heterocycles. The maximum absolute atomic E-state index is 6.05. The first-order valence-electron chi connectivity index (χ1n) is 4.45. The first-order chi connectivity index (χ1) is 7.27. The third kappa shape index (κ3) is 2.49. The Hall–Kier alpha value is -1.06. The Labute approximate surface area is 97.4 Å². The summed E-state index contributed by atoms with van der Waals surface area (Å²) in [5.41, 5.74) is 7.68. The molecular weight excluding hydrogens is 230 g/mol. The fraction of sp³-hybridized carbons (Fsp3) is 0.0909. The van der Waals surface area contributed by atoms with Crippen molar-refractivity contribution in [2.45, 2.75) is 10.6 Å². The third-order valence-electron chi connectivity index (χ3n) is 1.96.